The van der Waals surface area contributed by atoms with Gasteiger partial charge in [-0.05, 0) is 57.9 Å². The van der Waals surface area contributed by atoms with E-state index in [0.29, 0.717) is 28.1 Å². The van der Waals surface area contributed by atoms with Crippen molar-refractivity contribution in [2.75, 3.05) is 5.32 Å². The fourth-order valence-corrected chi connectivity index (χ4v) is 2.63. The van der Waals surface area contributed by atoms with Gasteiger partial charge in [0.05, 0.1) is 12.6 Å². The lowest BCUT2D eigenvalue weighted by molar-refractivity contribution is -0.115. The lowest BCUT2D eigenvalue weighted by atomic mass is 10.1. The average Bonchev–Trinajstić information content (AvgIpc) is 3.08. The van der Waals surface area contributed by atoms with E-state index in [4.69, 9.17) is 4.42 Å². The number of halogens is 1. The maximum absolute atomic E-state index is 12.1. The van der Waals surface area contributed by atoms with Gasteiger partial charge < -0.3 is 9.73 Å². The number of hydrazone groups is 1. The molecule has 0 aliphatic heterocycles. The number of nitrogens with one attached hydrogen (secondary N) is 2. The Morgan fingerprint density at radius 1 is 1.00 bits per heavy atom. The zero-order valence-corrected chi connectivity index (χ0v) is 15.8. The van der Waals surface area contributed by atoms with Crippen LogP contribution in [-0.2, 0) is 11.2 Å². The van der Waals surface area contributed by atoms with Crippen molar-refractivity contribution < 1.29 is 14.0 Å². The van der Waals surface area contributed by atoms with E-state index in [1.54, 1.807) is 36.4 Å². The molecule has 6 nitrogen and oxygen atoms in total. The van der Waals surface area contributed by atoms with Crippen LogP contribution in [0.3, 0.4) is 0 Å². The topological polar surface area (TPSA) is 83.7 Å². The normalized spacial score (nSPS) is 10.7. The molecule has 0 bridgehead atoms. The van der Waals surface area contributed by atoms with Gasteiger partial charge in [0, 0.05) is 11.3 Å². The van der Waals surface area contributed by atoms with Gasteiger partial charge in [0.2, 0.25) is 5.91 Å². The maximum Gasteiger partial charge on any atom is 0.271 e. The molecule has 0 atom stereocenters. The summed E-state index contributed by atoms with van der Waals surface area (Å²) < 4.78 is 5.83. The largest absolute Gasteiger partial charge is 0.448 e. The minimum absolute atomic E-state index is 0.118. The van der Waals surface area contributed by atoms with Gasteiger partial charge in [-0.1, -0.05) is 30.3 Å². The van der Waals surface area contributed by atoms with Gasteiger partial charge in [-0.2, -0.15) is 5.10 Å². The first-order valence-corrected chi connectivity index (χ1v) is 8.92. The Balaban J connectivity index is 1.52. The first-order chi connectivity index (χ1) is 13.1. The molecule has 0 unspecified atom stereocenters. The minimum Gasteiger partial charge on any atom is -0.448 e. The summed E-state index contributed by atoms with van der Waals surface area (Å²) >= 11 is 3.19. The number of anilines is 1. The van der Waals surface area contributed by atoms with Gasteiger partial charge in [0.25, 0.3) is 5.91 Å². The predicted octanol–water partition coefficient (Wildman–Crippen LogP) is 3.99. The van der Waals surface area contributed by atoms with E-state index >= 15 is 0 Å². The summed E-state index contributed by atoms with van der Waals surface area (Å²) in [5, 5.41) is 6.65. The van der Waals surface area contributed by atoms with Crippen molar-refractivity contribution in [3.05, 3.63) is 88.3 Å². The number of rotatable bonds is 6. The summed E-state index contributed by atoms with van der Waals surface area (Å²) in [4.78, 5) is 24.1. The molecular weight excluding hydrogens is 410 g/mol. The fraction of sp³-hybridized carbons (Fsp3) is 0.0500. The first-order valence-electron chi connectivity index (χ1n) is 8.13. The second-order valence-corrected chi connectivity index (χ2v) is 6.41. The number of hydrogen-bond donors (Lipinski definition) is 2. The second-order valence-electron chi connectivity index (χ2n) is 5.63. The highest BCUT2D eigenvalue weighted by atomic mass is 79.9. The van der Waals surface area contributed by atoms with Crippen molar-refractivity contribution in [1.29, 1.82) is 0 Å². The monoisotopic (exact) mass is 425 g/mol. The Hall–Kier alpha value is -3.19. The predicted molar refractivity (Wildman–Crippen MR) is 107 cm³/mol. The maximum atomic E-state index is 12.1. The van der Waals surface area contributed by atoms with Crippen molar-refractivity contribution in [1.82, 2.24) is 5.43 Å². The molecule has 136 valence electrons. The Labute approximate surface area is 164 Å². The molecule has 0 saturated carbocycles. The lowest BCUT2D eigenvalue weighted by Gasteiger charge is -2.06. The van der Waals surface area contributed by atoms with E-state index in [1.165, 1.54) is 6.21 Å². The SMILES string of the molecule is O=C(Cc1ccccc1)Nc1ccc(C(=O)N/N=C\c2ccc(Br)o2)cc1. The van der Waals surface area contributed by atoms with Crippen LogP contribution in [0.15, 0.2) is 80.9 Å². The van der Waals surface area contributed by atoms with Crippen LogP contribution in [0.4, 0.5) is 5.69 Å². The molecule has 2 N–H and O–H groups in total. The smallest absolute Gasteiger partial charge is 0.271 e. The molecule has 0 aliphatic rings. The highest BCUT2D eigenvalue weighted by Gasteiger charge is 2.07. The van der Waals surface area contributed by atoms with Gasteiger partial charge in [-0.25, -0.2) is 5.43 Å². The number of hydrogen-bond acceptors (Lipinski definition) is 4. The molecule has 0 saturated heterocycles. The molecule has 1 aromatic heterocycles. The summed E-state index contributed by atoms with van der Waals surface area (Å²) in [7, 11) is 0. The van der Waals surface area contributed by atoms with Crippen molar-refractivity contribution >= 4 is 39.6 Å². The summed E-state index contributed by atoms with van der Waals surface area (Å²) in [6.07, 6.45) is 1.70. The van der Waals surface area contributed by atoms with Gasteiger partial charge >= 0.3 is 0 Å². The van der Waals surface area contributed by atoms with Crippen LogP contribution < -0.4 is 10.7 Å². The number of carbonyl (C=O) groups excluding carboxylic acids is 2. The van der Waals surface area contributed by atoms with Gasteiger partial charge in [-0.15, -0.1) is 0 Å². The van der Waals surface area contributed by atoms with E-state index in [0.717, 1.165) is 5.56 Å². The van der Waals surface area contributed by atoms with Crippen molar-refractivity contribution in [3.63, 3.8) is 0 Å². The molecule has 2 amide bonds. The van der Waals surface area contributed by atoms with E-state index in [2.05, 4.69) is 31.8 Å². The molecule has 3 aromatic rings. The van der Waals surface area contributed by atoms with Crippen LogP contribution in [0.25, 0.3) is 0 Å². The van der Waals surface area contributed by atoms with Crippen molar-refractivity contribution in [2.45, 2.75) is 6.42 Å². The van der Waals surface area contributed by atoms with Crippen LogP contribution >= 0.6 is 15.9 Å². The quantitative estimate of drug-likeness (QED) is 0.462. The molecule has 0 spiro atoms. The molecule has 0 fully saturated rings. The molecule has 3 rings (SSSR count). The van der Waals surface area contributed by atoms with Gasteiger partial charge in [0.15, 0.2) is 4.67 Å². The van der Waals surface area contributed by atoms with Crippen molar-refractivity contribution in [3.8, 4) is 0 Å². The third-order valence-electron chi connectivity index (χ3n) is 3.59. The third-order valence-corrected chi connectivity index (χ3v) is 4.02. The van der Waals surface area contributed by atoms with Crippen LogP contribution in [0.1, 0.15) is 21.7 Å². The number of furan rings is 1. The summed E-state index contributed by atoms with van der Waals surface area (Å²) in [6, 6.07) is 19.5. The highest BCUT2D eigenvalue weighted by Crippen LogP contribution is 2.12. The number of nitrogens with zero attached hydrogens (tertiary/aromatic N) is 1. The van der Waals surface area contributed by atoms with E-state index in [-0.39, 0.29) is 11.8 Å². The lowest BCUT2D eigenvalue weighted by Crippen LogP contribution is -2.18. The standard InChI is InChI=1S/C20H16BrN3O3/c21-18-11-10-17(27-18)13-22-24-20(26)15-6-8-16(9-7-15)23-19(25)12-14-4-2-1-3-5-14/h1-11,13H,12H2,(H,23,25)(H,24,26)/b22-13-. The van der Waals surface area contributed by atoms with Crippen molar-refractivity contribution in [2.24, 2.45) is 5.10 Å². The van der Waals surface area contributed by atoms with E-state index < -0.39 is 0 Å². The van der Waals surface area contributed by atoms with Crippen LogP contribution in [0, 0.1) is 0 Å². The van der Waals surface area contributed by atoms with Crippen LogP contribution in [0.2, 0.25) is 0 Å². The summed E-state index contributed by atoms with van der Waals surface area (Å²) in [6.45, 7) is 0. The Morgan fingerprint density at radius 3 is 2.41 bits per heavy atom. The Kier molecular flexibility index (Phi) is 6.17. The molecule has 1 heterocycles. The number of carbonyl (C=O) groups is 2. The third kappa shape index (κ3) is 5.65. The number of amides is 2. The molecule has 27 heavy (non-hydrogen) atoms. The van der Waals surface area contributed by atoms with Crippen LogP contribution in [0.5, 0.6) is 0 Å². The molecule has 0 radical (unpaired) electrons. The van der Waals surface area contributed by atoms with E-state index in [9.17, 15) is 9.59 Å². The minimum atomic E-state index is -0.362. The van der Waals surface area contributed by atoms with Crippen LogP contribution in [-0.4, -0.2) is 18.0 Å². The molecule has 2 aromatic carbocycles. The summed E-state index contributed by atoms with van der Waals surface area (Å²) in [5.41, 5.74) is 4.40. The second kappa shape index (κ2) is 8.95. The fourth-order valence-electron chi connectivity index (χ4n) is 2.31. The van der Waals surface area contributed by atoms with E-state index in [1.807, 2.05) is 30.3 Å². The Morgan fingerprint density at radius 2 is 1.74 bits per heavy atom. The molecular formula is C20H16BrN3O3. The zero-order valence-electron chi connectivity index (χ0n) is 14.2. The van der Waals surface area contributed by atoms with Gasteiger partial charge in [0.1, 0.15) is 5.76 Å². The van der Waals surface area contributed by atoms with Gasteiger partial charge in [-0.3, -0.25) is 9.59 Å². The molecule has 7 heteroatoms. The summed E-state index contributed by atoms with van der Waals surface area (Å²) in [5.74, 6) is 0.0327. The zero-order chi connectivity index (χ0) is 19.1. The highest BCUT2D eigenvalue weighted by molar-refractivity contribution is 9.10. The first kappa shape index (κ1) is 18.6. The molecule has 0 aliphatic carbocycles. The Bertz CT molecular complexity index is 950. The number of benzene rings is 2. The average molecular weight is 426 g/mol.